The second-order valence-electron chi connectivity index (χ2n) is 2.61. The van der Waals surface area contributed by atoms with Crippen LogP contribution in [0.1, 0.15) is 6.42 Å². The SMILES string of the molecule is OC[C@H]1O[C@@H](O)C[C@H](O)[C@@H]1O. The van der Waals surface area contributed by atoms with Gasteiger partial charge in [-0.2, -0.15) is 0 Å². The predicted octanol–water partition coefficient (Wildman–Crippen LogP) is -2.19. The first-order valence-electron chi connectivity index (χ1n) is 3.45. The quantitative estimate of drug-likeness (QED) is 0.353. The van der Waals surface area contributed by atoms with Gasteiger partial charge in [0.25, 0.3) is 0 Å². The first-order chi connectivity index (χ1) is 5.15. The van der Waals surface area contributed by atoms with Gasteiger partial charge in [0.2, 0.25) is 0 Å². The van der Waals surface area contributed by atoms with Crippen LogP contribution in [0.25, 0.3) is 0 Å². The smallest absolute Gasteiger partial charge is 0.157 e. The standard InChI is InChI=1S/C6H12O5/c7-2-4-6(10)3(8)1-5(9)11-4/h3-10H,1-2H2/t3-,4+,5+,6-/m0/s1. The monoisotopic (exact) mass is 164 g/mol. The van der Waals surface area contributed by atoms with E-state index in [9.17, 15) is 0 Å². The van der Waals surface area contributed by atoms with Crippen LogP contribution in [0.5, 0.6) is 0 Å². The van der Waals surface area contributed by atoms with Crippen molar-refractivity contribution in [2.45, 2.75) is 31.0 Å². The molecule has 5 heteroatoms. The van der Waals surface area contributed by atoms with Gasteiger partial charge in [-0.25, -0.2) is 0 Å². The van der Waals surface area contributed by atoms with Crippen molar-refractivity contribution < 1.29 is 25.2 Å². The molecule has 0 radical (unpaired) electrons. The van der Waals surface area contributed by atoms with Gasteiger partial charge in [0.15, 0.2) is 6.29 Å². The number of rotatable bonds is 1. The highest BCUT2D eigenvalue weighted by Crippen LogP contribution is 2.18. The Morgan fingerprint density at radius 1 is 1.27 bits per heavy atom. The molecule has 1 fully saturated rings. The van der Waals surface area contributed by atoms with Crippen LogP contribution in [0, 0.1) is 0 Å². The fourth-order valence-corrected chi connectivity index (χ4v) is 1.08. The summed E-state index contributed by atoms with van der Waals surface area (Å²) in [6.45, 7) is -0.407. The molecular formula is C6H12O5. The Bertz CT molecular complexity index is 128. The first kappa shape index (κ1) is 8.89. The average Bonchev–Trinajstić information content (AvgIpc) is 1.96. The third-order valence-corrected chi connectivity index (χ3v) is 1.73. The molecule has 0 amide bonds. The second-order valence-corrected chi connectivity index (χ2v) is 2.61. The molecule has 5 nitrogen and oxygen atoms in total. The molecular weight excluding hydrogens is 152 g/mol. The predicted molar refractivity (Wildman–Crippen MR) is 34.6 cm³/mol. The van der Waals surface area contributed by atoms with Crippen LogP contribution in [0.15, 0.2) is 0 Å². The number of hydrogen-bond acceptors (Lipinski definition) is 5. The number of ether oxygens (including phenoxy) is 1. The fourth-order valence-electron chi connectivity index (χ4n) is 1.08. The van der Waals surface area contributed by atoms with Crippen molar-refractivity contribution in [3.05, 3.63) is 0 Å². The molecule has 1 heterocycles. The average molecular weight is 164 g/mol. The lowest BCUT2D eigenvalue weighted by atomic mass is 10.0. The molecule has 0 aromatic carbocycles. The summed E-state index contributed by atoms with van der Waals surface area (Å²) < 4.78 is 4.71. The van der Waals surface area contributed by atoms with Gasteiger partial charge in [0, 0.05) is 6.42 Å². The molecule has 0 aromatic heterocycles. The third kappa shape index (κ3) is 1.88. The minimum absolute atomic E-state index is 0.0162. The summed E-state index contributed by atoms with van der Waals surface area (Å²) in [6.07, 6.45) is -4.11. The van der Waals surface area contributed by atoms with Crippen LogP contribution in [0.3, 0.4) is 0 Å². The molecule has 0 spiro atoms. The van der Waals surface area contributed by atoms with Crippen molar-refractivity contribution in [1.29, 1.82) is 0 Å². The number of aliphatic hydroxyl groups excluding tert-OH is 4. The second kappa shape index (κ2) is 3.46. The molecule has 66 valence electrons. The molecule has 1 aliphatic heterocycles. The maximum Gasteiger partial charge on any atom is 0.157 e. The molecule has 11 heavy (non-hydrogen) atoms. The minimum Gasteiger partial charge on any atom is -0.394 e. The zero-order valence-corrected chi connectivity index (χ0v) is 5.92. The van der Waals surface area contributed by atoms with Gasteiger partial charge >= 0.3 is 0 Å². The lowest BCUT2D eigenvalue weighted by Crippen LogP contribution is -2.49. The Morgan fingerprint density at radius 2 is 1.91 bits per heavy atom. The van der Waals surface area contributed by atoms with E-state index in [-0.39, 0.29) is 6.42 Å². The van der Waals surface area contributed by atoms with E-state index in [4.69, 9.17) is 25.2 Å². The first-order valence-corrected chi connectivity index (χ1v) is 3.45. The number of hydrogen-bond donors (Lipinski definition) is 4. The van der Waals surface area contributed by atoms with E-state index >= 15 is 0 Å². The molecule has 1 aliphatic rings. The van der Waals surface area contributed by atoms with E-state index in [2.05, 4.69) is 0 Å². The summed E-state index contributed by atoms with van der Waals surface area (Å²) in [6, 6.07) is 0. The molecule has 4 N–H and O–H groups in total. The highest BCUT2D eigenvalue weighted by atomic mass is 16.6. The van der Waals surface area contributed by atoms with Gasteiger partial charge in [0.1, 0.15) is 12.2 Å². The maximum atomic E-state index is 9.11. The third-order valence-electron chi connectivity index (χ3n) is 1.73. The summed E-state index contributed by atoms with van der Waals surface area (Å²) in [4.78, 5) is 0. The van der Waals surface area contributed by atoms with Gasteiger partial charge in [-0.15, -0.1) is 0 Å². The Kier molecular flexibility index (Phi) is 2.80. The van der Waals surface area contributed by atoms with E-state index in [0.29, 0.717) is 0 Å². The van der Waals surface area contributed by atoms with Crippen molar-refractivity contribution in [1.82, 2.24) is 0 Å². The Balaban J connectivity index is 2.51. The molecule has 1 saturated heterocycles. The lowest BCUT2D eigenvalue weighted by molar-refractivity contribution is -0.239. The van der Waals surface area contributed by atoms with Crippen LogP contribution in [-0.2, 0) is 4.74 Å². The van der Waals surface area contributed by atoms with Gasteiger partial charge in [-0.3, -0.25) is 0 Å². The summed E-state index contributed by atoms with van der Waals surface area (Å²) >= 11 is 0. The zero-order valence-electron chi connectivity index (χ0n) is 5.92. The van der Waals surface area contributed by atoms with Crippen LogP contribution in [-0.4, -0.2) is 51.6 Å². The van der Waals surface area contributed by atoms with E-state index in [1.807, 2.05) is 0 Å². The molecule has 0 aliphatic carbocycles. The molecule has 0 saturated carbocycles. The zero-order chi connectivity index (χ0) is 8.43. The van der Waals surface area contributed by atoms with Crippen molar-refractivity contribution in [2.75, 3.05) is 6.61 Å². The van der Waals surface area contributed by atoms with Crippen LogP contribution < -0.4 is 0 Å². The minimum atomic E-state index is -1.11. The van der Waals surface area contributed by atoms with E-state index in [0.717, 1.165) is 0 Å². The van der Waals surface area contributed by atoms with E-state index < -0.39 is 31.2 Å². The van der Waals surface area contributed by atoms with Gasteiger partial charge in [-0.05, 0) is 0 Å². The largest absolute Gasteiger partial charge is 0.394 e. The topological polar surface area (TPSA) is 90.2 Å². The maximum absolute atomic E-state index is 9.11. The molecule has 0 bridgehead atoms. The normalized spacial score (nSPS) is 45.8. The van der Waals surface area contributed by atoms with Gasteiger partial charge in [0.05, 0.1) is 12.7 Å². The van der Waals surface area contributed by atoms with Crippen molar-refractivity contribution in [3.63, 3.8) is 0 Å². The molecule has 0 aromatic rings. The Morgan fingerprint density at radius 3 is 2.45 bits per heavy atom. The molecule has 1 rings (SSSR count). The molecule has 0 unspecified atom stereocenters. The lowest BCUT2D eigenvalue weighted by Gasteiger charge is -2.33. The van der Waals surface area contributed by atoms with Crippen LogP contribution in [0.2, 0.25) is 0 Å². The summed E-state index contributed by atoms with van der Waals surface area (Å²) in [5.41, 5.74) is 0. The van der Waals surface area contributed by atoms with Crippen LogP contribution in [0.4, 0.5) is 0 Å². The van der Waals surface area contributed by atoms with Crippen LogP contribution >= 0.6 is 0 Å². The fraction of sp³-hybridized carbons (Fsp3) is 1.00. The van der Waals surface area contributed by atoms with E-state index in [1.54, 1.807) is 0 Å². The molecule has 4 atom stereocenters. The highest BCUT2D eigenvalue weighted by Gasteiger charge is 2.35. The van der Waals surface area contributed by atoms with Gasteiger partial charge in [-0.1, -0.05) is 0 Å². The summed E-state index contributed by atoms with van der Waals surface area (Å²) in [5.74, 6) is 0. The highest BCUT2D eigenvalue weighted by molar-refractivity contribution is 4.81. The summed E-state index contributed by atoms with van der Waals surface area (Å²) in [5, 5.41) is 35.6. The summed E-state index contributed by atoms with van der Waals surface area (Å²) in [7, 11) is 0. The Hall–Kier alpha value is -0.200. The Labute approximate surface area is 63.8 Å². The van der Waals surface area contributed by atoms with Crippen molar-refractivity contribution in [3.8, 4) is 0 Å². The van der Waals surface area contributed by atoms with Crippen molar-refractivity contribution in [2.24, 2.45) is 0 Å². The van der Waals surface area contributed by atoms with E-state index in [1.165, 1.54) is 0 Å². The van der Waals surface area contributed by atoms with Crippen molar-refractivity contribution >= 4 is 0 Å². The van der Waals surface area contributed by atoms with Gasteiger partial charge < -0.3 is 25.2 Å². The number of aliphatic hydroxyl groups is 4.